The Morgan fingerprint density at radius 2 is 1.65 bits per heavy atom. The minimum absolute atomic E-state index is 0.128. The number of nitrogens with one attached hydrogen (secondary N) is 1. The van der Waals surface area contributed by atoms with Crippen LogP contribution in [0.15, 0.2) is 66.7 Å². The van der Waals surface area contributed by atoms with Crippen LogP contribution in [0, 0.1) is 6.92 Å². The molecule has 0 fully saturated rings. The van der Waals surface area contributed by atoms with E-state index in [2.05, 4.69) is 5.32 Å². The average molecular weight is 347 g/mol. The summed E-state index contributed by atoms with van der Waals surface area (Å²) in [6.07, 6.45) is -0.736. The summed E-state index contributed by atoms with van der Waals surface area (Å²) in [5.41, 5.74) is 2.56. The molecule has 0 aromatic heterocycles. The SMILES string of the molecule is Cc1ccccc1NC(=O)C(C)OC(=O)Cc1cccc2ccccc12. The summed E-state index contributed by atoms with van der Waals surface area (Å²) >= 11 is 0. The standard InChI is InChI=1S/C22H21NO3/c1-15-8-3-6-13-20(15)23-22(25)16(2)26-21(24)14-18-11-7-10-17-9-4-5-12-19(17)18/h3-13,16H,14H2,1-2H3,(H,23,25). The quantitative estimate of drug-likeness (QED) is 0.702. The minimum Gasteiger partial charge on any atom is -0.452 e. The molecular formula is C22H21NO3. The number of amides is 1. The van der Waals surface area contributed by atoms with Crippen molar-refractivity contribution in [3.8, 4) is 0 Å². The van der Waals surface area contributed by atoms with Gasteiger partial charge in [-0.15, -0.1) is 0 Å². The van der Waals surface area contributed by atoms with E-state index < -0.39 is 12.1 Å². The van der Waals surface area contributed by atoms with Crippen LogP contribution in [0.25, 0.3) is 10.8 Å². The lowest BCUT2D eigenvalue weighted by molar-refractivity contribution is -0.152. The number of ether oxygens (including phenoxy) is 1. The molecule has 0 aliphatic carbocycles. The molecule has 1 atom stereocenters. The molecule has 1 unspecified atom stereocenters. The van der Waals surface area contributed by atoms with Gasteiger partial charge in [0.05, 0.1) is 6.42 Å². The molecule has 0 aliphatic rings. The number of benzene rings is 3. The predicted molar refractivity (Wildman–Crippen MR) is 103 cm³/mol. The number of rotatable bonds is 5. The first kappa shape index (κ1) is 17.7. The number of anilines is 1. The number of hydrogen-bond acceptors (Lipinski definition) is 3. The largest absolute Gasteiger partial charge is 0.452 e. The highest BCUT2D eigenvalue weighted by molar-refractivity contribution is 5.96. The van der Waals surface area contributed by atoms with E-state index >= 15 is 0 Å². The van der Waals surface area contributed by atoms with Gasteiger partial charge in [0.1, 0.15) is 0 Å². The molecule has 0 radical (unpaired) electrons. The lowest BCUT2D eigenvalue weighted by Gasteiger charge is -2.15. The Morgan fingerprint density at radius 1 is 0.962 bits per heavy atom. The van der Waals surface area contributed by atoms with E-state index in [-0.39, 0.29) is 12.3 Å². The fraction of sp³-hybridized carbons (Fsp3) is 0.182. The predicted octanol–water partition coefficient (Wildman–Crippen LogP) is 4.26. The van der Waals surface area contributed by atoms with Crippen LogP contribution in [0.1, 0.15) is 18.1 Å². The molecule has 3 aromatic rings. The van der Waals surface area contributed by atoms with Crippen molar-refractivity contribution in [2.45, 2.75) is 26.4 Å². The molecule has 3 aromatic carbocycles. The number of carbonyl (C=O) groups is 2. The van der Waals surface area contributed by atoms with E-state index in [0.29, 0.717) is 0 Å². The summed E-state index contributed by atoms with van der Waals surface area (Å²) in [4.78, 5) is 24.6. The molecule has 132 valence electrons. The second-order valence-electron chi connectivity index (χ2n) is 6.25. The zero-order valence-corrected chi connectivity index (χ0v) is 14.9. The van der Waals surface area contributed by atoms with Crippen molar-refractivity contribution in [3.63, 3.8) is 0 Å². The van der Waals surface area contributed by atoms with E-state index in [1.807, 2.05) is 73.7 Å². The Labute approximate surface area is 152 Å². The number of fused-ring (bicyclic) bond motifs is 1. The highest BCUT2D eigenvalue weighted by Gasteiger charge is 2.19. The van der Waals surface area contributed by atoms with Crippen molar-refractivity contribution in [3.05, 3.63) is 77.9 Å². The van der Waals surface area contributed by atoms with Crippen LogP contribution in [-0.4, -0.2) is 18.0 Å². The molecule has 0 spiro atoms. The van der Waals surface area contributed by atoms with E-state index in [0.717, 1.165) is 27.6 Å². The zero-order valence-electron chi connectivity index (χ0n) is 14.9. The Hall–Kier alpha value is -3.14. The maximum atomic E-state index is 12.3. The summed E-state index contributed by atoms with van der Waals surface area (Å²) in [6.45, 7) is 3.49. The van der Waals surface area contributed by atoms with Crippen molar-refractivity contribution in [1.29, 1.82) is 0 Å². The van der Waals surface area contributed by atoms with E-state index in [4.69, 9.17) is 4.74 Å². The highest BCUT2D eigenvalue weighted by atomic mass is 16.5. The molecule has 0 aliphatic heterocycles. The summed E-state index contributed by atoms with van der Waals surface area (Å²) in [6, 6.07) is 21.2. The summed E-state index contributed by atoms with van der Waals surface area (Å²) in [7, 11) is 0. The smallest absolute Gasteiger partial charge is 0.311 e. The van der Waals surface area contributed by atoms with Crippen molar-refractivity contribution in [2.75, 3.05) is 5.32 Å². The number of hydrogen-bond donors (Lipinski definition) is 1. The van der Waals surface area contributed by atoms with Gasteiger partial charge < -0.3 is 10.1 Å². The van der Waals surface area contributed by atoms with Gasteiger partial charge in [0.25, 0.3) is 5.91 Å². The molecule has 3 rings (SSSR count). The average Bonchev–Trinajstić information content (AvgIpc) is 2.64. The maximum Gasteiger partial charge on any atom is 0.311 e. The van der Waals surface area contributed by atoms with Gasteiger partial charge in [-0.05, 0) is 41.8 Å². The molecule has 4 nitrogen and oxygen atoms in total. The van der Waals surface area contributed by atoms with Crippen molar-refractivity contribution in [1.82, 2.24) is 0 Å². The van der Waals surface area contributed by atoms with Crippen LogP contribution in [0.5, 0.6) is 0 Å². The van der Waals surface area contributed by atoms with Gasteiger partial charge in [0.15, 0.2) is 6.10 Å². The lowest BCUT2D eigenvalue weighted by atomic mass is 10.0. The number of carbonyl (C=O) groups excluding carboxylic acids is 2. The van der Waals surface area contributed by atoms with Gasteiger partial charge in [-0.3, -0.25) is 9.59 Å². The van der Waals surface area contributed by atoms with Crippen LogP contribution in [0.4, 0.5) is 5.69 Å². The van der Waals surface area contributed by atoms with Gasteiger partial charge in [0, 0.05) is 5.69 Å². The van der Waals surface area contributed by atoms with Gasteiger partial charge in [-0.1, -0.05) is 60.7 Å². The molecule has 0 bridgehead atoms. The van der Waals surface area contributed by atoms with Crippen molar-refractivity contribution < 1.29 is 14.3 Å². The fourth-order valence-corrected chi connectivity index (χ4v) is 2.84. The van der Waals surface area contributed by atoms with Crippen LogP contribution in [0.2, 0.25) is 0 Å². The topological polar surface area (TPSA) is 55.4 Å². The lowest BCUT2D eigenvalue weighted by Crippen LogP contribution is -2.30. The molecule has 1 N–H and O–H groups in total. The number of aryl methyl sites for hydroxylation is 1. The summed E-state index contributed by atoms with van der Waals surface area (Å²) < 4.78 is 5.33. The van der Waals surface area contributed by atoms with Crippen LogP contribution < -0.4 is 5.32 Å². The first-order valence-corrected chi connectivity index (χ1v) is 8.57. The molecule has 0 saturated carbocycles. The summed E-state index contributed by atoms with van der Waals surface area (Å²) in [5.74, 6) is -0.764. The Morgan fingerprint density at radius 3 is 2.46 bits per heavy atom. The molecule has 1 amide bonds. The first-order chi connectivity index (χ1) is 12.5. The third kappa shape index (κ3) is 4.09. The first-order valence-electron chi connectivity index (χ1n) is 8.57. The molecule has 0 saturated heterocycles. The monoisotopic (exact) mass is 347 g/mol. The third-order valence-electron chi connectivity index (χ3n) is 4.30. The molecule has 4 heteroatoms. The maximum absolute atomic E-state index is 12.3. The normalized spacial score (nSPS) is 11.8. The van der Waals surface area contributed by atoms with E-state index in [1.54, 1.807) is 6.92 Å². The number of esters is 1. The molecular weight excluding hydrogens is 326 g/mol. The fourth-order valence-electron chi connectivity index (χ4n) is 2.84. The second-order valence-corrected chi connectivity index (χ2v) is 6.25. The van der Waals surface area contributed by atoms with Crippen LogP contribution in [-0.2, 0) is 20.7 Å². The van der Waals surface area contributed by atoms with Gasteiger partial charge in [-0.2, -0.15) is 0 Å². The number of para-hydroxylation sites is 1. The second kappa shape index (κ2) is 7.83. The van der Waals surface area contributed by atoms with E-state index in [9.17, 15) is 9.59 Å². The molecule has 0 heterocycles. The van der Waals surface area contributed by atoms with Crippen molar-refractivity contribution >= 4 is 28.3 Å². The van der Waals surface area contributed by atoms with Crippen LogP contribution in [0.3, 0.4) is 0 Å². The van der Waals surface area contributed by atoms with Gasteiger partial charge in [-0.25, -0.2) is 0 Å². The zero-order chi connectivity index (χ0) is 18.5. The Bertz CT molecular complexity index is 944. The minimum atomic E-state index is -0.864. The Kier molecular flexibility index (Phi) is 5.32. The van der Waals surface area contributed by atoms with Gasteiger partial charge in [0.2, 0.25) is 0 Å². The van der Waals surface area contributed by atoms with Gasteiger partial charge >= 0.3 is 5.97 Å². The highest BCUT2D eigenvalue weighted by Crippen LogP contribution is 2.19. The van der Waals surface area contributed by atoms with Crippen LogP contribution >= 0.6 is 0 Å². The molecule has 26 heavy (non-hydrogen) atoms. The Balaban J connectivity index is 1.64. The van der Waals surface area contributed by atoms with E-state index in [1.165, 1.54) is 0 Å². The third-order valence-corrected chi connectivity index (χ3v) is 4.30. The van der Waals surface area contributed by atoms with Crippen molar-refractivity contribution in [2.24, 2.45) is 0 Å². The summed E-state index contributed by atoms with van der Waals surface area (Å²) in [5, 5.41) is 4.88.